The zero-order chi connectivity index (χ0) is 40.4. The van der Waals surface area contributed by atoms with Crippen LogP contribution in [0.5, 0.6) is 0 Å². The van der Waals surface area contributed by atoms with Crippen LogP contribution in [0.3, 0.4) is 0 Å². The van der Waals surface area contributed by atoms with E-state index < -0.39 is 0 Å². The second-order valence-electron chi connectivity index (χ2n) is 13.3. The van der Waals surface area contributed by atoms with Crippen molar-refractivity contribution in [2.75, 3.05) is 146 Å². The molecule has 0 spiro atoms. The first-order valence-electron chi connectivity index (χ1n) is 20.5. The minimum absolute atomic E-state index is 0.0359. The molecule has 0 bridgehead atoms. The standard InChI is InChI=1S/C43H67NO13/c1-3-4-5-6-15-42(45)56-35-34-55-33-32-54-31-30-53-29-28-52-27-26-51-25-24-50-23-22-49-21-20-48-19-18-47-17-16-44(2)43(46)57-36-41-39-13-9-7-11-37(39)38-12-8-10-14-40(38)41/h7-14,41H,3-6,15-36H2,1-2H3. The summed E-state index contributed by atoms with van der Waals surface area (Å²) in [5, 5.41) is 0. The van der Waals surface area contributed by atoms with Crippen LogP contribution in [-0.4, -0.2) is 163 Å². The van der Waals surface area contributed by atoms with Gasteiger partial charge in [-0.3, -0.25) is 4.79 Å². The number of fused-ring (bicyclic) bond motifs is 3. The molecule has 14 nitrogen and oxygen atoms in total. The highest BCUT2D eigenvalue weighted by Gasteiger charge is 2.29. The Hall–Kier alpha value is -3.18. The van der Waals surface area contributed by atoms with E-state index in [2.05, 4.69) is 31.2 Å². The van der Waals surface area contributed by atoms with Crippen molar-refractivity contribution in [2.24, 2.45) is 0 Å². The third-order valence-electron chi connectivity index (χ3n) is 8.92. The van der Waals surface area contributed by atoms with E-state index in [9.17, 15) is 9.59 Å². The summed E-state index contributed by atoms with van der Waals surface area (Å²) < 4.78 is 60.4. The Kier molecular flexibility index (Phi) is 27.7. The van der Waals surface area contributed by atoms with Crippen LogP contribution in [0.25, 0.3) is 11.1 Å². The highest BCUT2D eigenvalue weighted by molar-refractivity contribution is 5.79. The molecule has 0 radical (unpaired) electrons. The zero-order valence-electron chi connectivity index (χ0n) is 34.3. The summed E-state index contributed by atoms with van der Waals surface area (Å²) in [6.07, 6.45) is 4.37. The fourth-order valence-electron chi connectivity index (χ4n) is 5.84. The summed E-state index contributed by atoms with van der Waals surface area (Å²) >= 11 is 0. The number of unbranched alkanes of at least 4 members (excludes halogenated alkanes) is 3. The Balaban J connectivity index is 0.965. The van der Waals surface area contributed by atoms with E-state index in [1.165, 1.54) is 27.2 Å². The van der Waals surface area contributed by atoms with Gasteiger partial charge in [-0.15, -0.1) is 0 Å². The molecular weight excluding hydrogens is 738 g/mol. The topological polar surface area (TPSA) is 139 Å². The number of amides is 1. The summed E-state index contributed by atoms with van der Waals surface area (Å²) in [5.74, 6) is -0.121. The van der Waals surface area contributed by atoms with Crippen LogP contribution in [0.2, 0.25) is 0 Å². The van der Waals surface area contributed by atoms with E-state index in [4.69, 9.17) is 52.1 Å². The predicted octanol–water partition coefficient (Wildman–Crippen LogP) is 5.53. The molecule has 14 heteroatoms. The van der Waals surface area contributed by atoms with Crippen LogP contribution in [-0.2, 0) is 56.9 Å². The van der Waals surface area contributed by atoms with Gasteiger partial charge in [0.1, 0.15) is 13.2 Å². The smallest absolute Gasteiger partial charge is 0.409 e. The molecule has 1 aliphatic rings. The van der Waals surface area contributed by atoms with Crippen LogP contribution >= 0.6 is 0 Å². The number of nitrogens with zero attached hydrogens (tertiary/aromatic N) is 1. The molecule has 0 heterocycles. The highest BCUT2D eigenvalue weighted by atomic mass is 16.6. The maximum atomic E-state index is 12.6. The van der Waals surface area contributed by atoms with Gasteiger partial charge in [-0.25, -0.2) is 4.79 Å². The van der Waals surface area contributed by atoms with Crippen molar-refractivity contribution in [1.82, 2.24) is 4.90 Å². The van der Waals surface area contributed by atoms with Crippen molar-refractivity contribution < 1.29 is 61.7 Å². The number of benzene rings is 2. The van der Waals surface area contributed by atoms with E-state index >= 15 is 0 Å². The molecule has 2 aromatic rings. The molecule has 322 valence electrons. The average molecular weight is 806 g/mol. The molecule has 2 aromatic carbocycles. The molecule has 0 aromatic heterocycles. The summed E-state index contributed by atoms with van der Waals surface area (Å²) in [6.45, 7) is 11.4. The van der Waals surface area contributed by atoms with Gasteiger partial charge < -0.3 is 57.0 Å². The molecule has 0 saturated heterocycles. The first-order valence-corrected chi connectivity index (χ1v) is 20.5. The monoisotopic (exact) mass is 805 g/mol. The molecule has 0 fully saturated rings. The molecule has 0 aliphatic heterocycles. The summed E-state index contributed by atoms with van der Waals surface area (Å²) in [7, 11) is 1.71. The van der Waals surface area contributed by atoms with Gasteiger partial charge in [-0.1, -0.05) is 74.7 Å². The quantitative estimate of drug-likeness (QED) is 0.0626. The minimum atomic E-state index is -0.367. The van der Waals surface area contributed by atoms with E-state index in [1.54, 1.807) is 7.05 Å². The van der Waals surface area contributed by atoms with Crippen LogP contribution < -0.4 is 0 Å². The van der Waals surface area contributed by atoms with Crippen molar-refractivity contribution in [3.63, 3.8) is 0 Å². The van der Waals surface area contributed by atoms with Crippen molar-refractivity contribution in [2.45, 2.75) is 44.9 Å². The van der Waals surface area contributed by atoms with Crippen molar-refractivity contribution >= 4 is 12.1 Å². The third kappa shape index (κ3) is 22.0. The molecule has 0 N–H and O–H groups in total. The van der Waals surface area contributed by atoms with Gasteiger partial charge in [-0.05, 0) is 28.7 Å². The number of esters is 1. The lowest BCUT2D eigenvalue weighted by Gasteiger charge is -2.19. The van der Waals surface area contributed by atoms with E-state index in [0.29, 0.717) is 138 Å². The third-order valence-corrected chi connectivity index (χ3v) is 8.92. The molecule has 3 rings (SSSR count). The SMILES string of the molecule is CCCCCCC(=O)OCCOCCOCCOCCOCCOCCOCCOCCOCCOCCN(C)C(=O)OCC1c2ccccc2-c2ccccc21. The van der Waals surface area contributed by atoms with Crippen molar-refractivity contribution in [3.05, 3.63) is 59.7 Å². The average Bonchev–Trinajstić information content (AvgIpc) is 3.55. The number of hydrogen-bond acceptors (Lipinski definition) is 13. The molecule has 1 amide bonds. The van der Waals surface area contributed by atoms with Crippen LogP contribution in [0.15, 0.2) is 48.5 Å². The van der Waals surface area contributed by atoms with Gasteiger partial charge in [0.15, 0.2) is 0 Å². The van der Waals surface area contributed by atoms with Gasteiger partial charge in [-0.2, -0.15) is 0 Å². The normalized spacial score (nSPS) is 12.1. The second kappa shape index (κ2) is 32.7. The van der Waals surface area contributed by atoms with Crippen LogP contribution in [0, 0.1) is 0 Å². The Morgan fingerprint density at radius 2 is 0.877 bits per heavy atom. The maximum Gasteiger partial charge on any atom is 0.409 e. The molecule has 0 atom stereocenters. The Morgan fingerprint density at radius 3 is 1.30 bits per heavy atom. The number of rotatable bonds is 37. The summed E-state index contributed by atoms with van der Waals surface area (Å²) in [4.78, 5) is 25.7. The van der Waals surface area contributed by atoms with Gasteiger partial charge in [0.25, 0.3) is 0 Å². The Labute approximate surface area is 339 Å². The van der Waals surface area contributed by atoms with E-state index in [-0.39, 0.29) is 24.6 Å². The lowest BCUT2D eigenvalue weighted by molar-refractivity contribution is -0.145. The predicted molar refractivity (Wildman–Crippen MR) is 215 cm³/mol. The molecular formula is C43H67NO13. The number of carbonyl (C=O) groups excluding carboxylic acids is 2. The van der Waals surface area contributed by atoms with Gasteiger partial charge in [0, 0.05) is 25.9 Å². The number of carbonyl (C=O) groups is 2. The molecule has 0 saturated carbocycles. The summed E-state index contributed by atoms with van der Waals surface area (Å²) in [6, 6.07) is 16.6. The lowest BCUT2D eigenvalue weighted by atomic mass is 9.98. The Morgan fingerprint density at radius 1 is 0.491 bits per heavy atom. The molecule has 57 heavy (non-hydrogen) atoms. The van der Waals surface area contributed by atoms with Crippen molar-refractivity contribution in [3.8, 4) is 11.1 Å². The second-order valence-corrected chi connectivity index (χ2v) is 13.3. The van der Waals surface area contributed by atoms with Gasteiger partial charge >= 0.3 is 12.1 Å². The Bertz CT molecular complexity index is 1270. The highest BCUT2D eigenvalue weighted by Crippen LogP contribution is 2.44. The largest absolute Gasteiger partial charge is 0.463 e. The number of likely N-dealkylation sites (N-methyl/N-ethyl adjacent to an activating group) is 1. The molecule has 0 unspecified atom stereocenters. The molecule has 1 aliphatic carbocycles. The zero-order valence-corrected chi connectivity index (χ0v) is 34.3. The summed E-state index contributed by atoms with van der Waals surface area (Å²) in [5.41, 5.74) is 4.79. The van der Waals surface area contributed by atoms with Crippen LogP contribution in [0.4, 0.5) is 4.79 Å². The fraction of sp³-hybridized carbons (Fsp3) is 0.674. The van der Waals surface area contributed by atoms with Gasteiger partial charge in [0.05, 0.1) is 119 Å². The van der Waals surface area contributed by atoms with E-state index in [0.717, 1.165) is 25.7 Å². The lowest BCUT2D eigenvalue weighted by Crippen LogP contribution is -2.32. The van der Waals surface area contributed by atoms with Gasteiger partial charge in [0.2, 0.25) is 0 Å². The van der Waals surface area contributed by atoms with Crippen LogP contribution in [0.1, 0.15) is 56.1 Å². The first kappa shape index (κ1) is 48.2. The number of hydrogen-bond donors (Lipinski definition) is 0. The van der Waals surface area contributed by atoms with E-state index in [1.807, 2.05) is 24.3 Å². The fourth-order valence-corrected chi connectivity index (χ4v) is 5.84. The minimum Gasteiger partial charge on any atom is -0.463 e. The maximum absolute atomic E-state index is 12.6. The van der Waals surface area contributed by atoms with Crippen molar-refractivity contribution in [1.29, 1.82) is 0 Å². The number of ether oxygens (including phenoxy) is 11. The first-order chi connectivity index (χ1) is 28.1.